The predicted octanol–water partition coefficient (Wildman–Crippen LogP) is 3.28. The molecule has 0 aromatic heterocycles. The van der Waals surface area contributed by atoms with E-state index >= 15 is 0 Å². The summed E-state index contributed by atoms with van der Waals surface area (Å²) in [6.45, 7) is 8.76. The van der Waals surface area contributed by atoms with Crippen LogP contribution in [0.4, 0.5) is 0 Å². The lowest BCUT2D eigenvalue weighted by Crippen LogP contribution is -2.45. The summed E-state index contributed by atoms with van der Waals surface area (Å²) in [5, 5.41) is 9.27. The fourth-order valence-electron chi connectivity index (χ4n) is 3.84. The number of hydrogen-bond acceptors (Lipinski definition) is 3. The van der Waals surface area contributed by atoms with Gasteiger partial charge in [0.1, 0.15) is 5.75 Å². The number of aromatic hydroxyl groups is 1. The van der Waals surface area contributed by atoms with Crippen LogP contribution in [0.5, 0.6) is 5.75 Å². The molecule has 0 heterocycles. The first-order chi connectivity index (χ1) is 9.49. The van der Waals surface area contributed by atoms with Crippen molar-refractivity contribution in [3.8, 4) is 5.75 Å². The molecule has 0 amide bonds. The molecule has 0 radical (unpaired) electrons. The molecule has 4 nitrogen and oxygen atoms in total. The van der Waals surface area contributed by atoms with E-state index in [1.54, 1.807) is 0 Å². The van der Waals surface area contributed by atoms with Crippen LogP contribution < -0.4 is 4.72 Å². The highest BCUT2D eigenvalue weighted by atomic mass is 32.2. The Balaban J connectivity index is 2.18. The van der Waals surface area contributed by atoms with Gasteiger partial charge in [-0.15, -0.1) is 0 Å². The van der Waals surface area contributed by atoms with Gasteiger partial charge in [-0.2, -0.15) is 0 Å². The molecule has 1 saturated carbocycles. The summed E-state index contributed by atoms with van der Waals surface area (Å²) < 4.78 is 27.7. The molecule has 1 aliphatic rings. The summed E-state index contributed by atoms with van der Waals surface area (Å²) >= 11 is 0. The van der Waals surface area contributed by atoms with Gasteiger partial charge in [-0.05, 0) is 54.4 Å². The molecule has 1 aromatic rings. The van der Waals surface area contributed by atoms with E-state index in [0.29, 0.717) is 0 Å². The topological polar surface area (TPSA) is 66.4 Å². The van der Waals surface area contributed by atoms with Crippen LogP contribution in [0.2, 0.25) is 0 Å². The lowest BCUT2D eigenvalue weighted by atomic mass is 9.64. The van der Waals surface area contributed by atoms with Crippen LogP contribution in [-0.4, -0.2) is 19.6 Å². The number of phenolic OH excluding ortho intramolecular Hbond substituents is 1. The molecule has 0 unspecified atom stereocenters. The van der Waals surface area contributed by atoms with Gasteiger partial charge in [0, 0.05) is 6.04 Å². The van der Waals surface area contributed by atoms with Crippen molar-refractivity contribution in [2.45, 2.75) is 57.9 Å². The van der Waals surface area contributed by atoms with Crippen molar-refractivity contribution in [3.05, 3.63) is 24.3 Å². The molecule has 0 aliphatic heterocycles. The van der Waals surface area contributed by atoms with Gasteiger partial charge in [-0.3, -0.25) is 0 Å². The highest BCUT2D eigenvalue weighted by Crippen LogP contribution is 2.45. The molecule has 1 fully saturated rings. The molecule has 118 valence electrons. The Morgan fingerprint density at radius 1 is 1.05 bits per heavy atom. The van der Waals surface area contributed by atoms with Crippen LogP contribution in [0.3, 0.4) is 0 Å². The van der Waals surface area contributed by atoms with E-state index in [-0.39, 0.29) is 27.5 Å². The van der Waals surface area contributed by atoms with Crippen molar-refractivity contribution >= 4 is 10.0 Å². The van der Waals surface area contributed by atoms with Crippen LogP contribution in [0.15, 0.2) is 29.2 Å². The maximum atomic E-state index is 12.4. The Kier molecular flexibility index (Phi) is 4.10. The number of sulfonamides is 1. The smallest absolute Gasteiger partial charge is 0.240 e. The monoisotopic (exact) mass is 311 g/mol. The van der Waals surface area contributed by atoms with Gasteiger partial charge in [-0.1, -0.05) is 27.7 Å². The van der Waals surface area contributed by atoms with E-state index in [1.807, 2.05) is 0 Å². The second kappa shape index (κ2) is 5.29. The van der Waals surface area contributed by atoms with Gasteiger partial charge in [-0.25, -0.2) is 13.1 Å². The normalized spacial score (nSPS) is 22.1. The van der Waals surface area contributed by atoms with E-state index in [9.17, 15) is 13.5 Å². The zero-order valence-corrected chi connectivity index (χ0v) is 14.0. The lowest BCUT2D eigenvalue weighted by Gasteiger charge is -2.45. The second-order valence-electron chi connectivity index (χ2n) is 7.73. The van der Waals surface area contributed by atoms with Crippen molar-refractivity contribution in [2.24, 2.45) is 10.8 Å². The summed E-state index contributed by atoms with van der Waals surface area (Å²) in [6.07, 6.45) is 2.78. The molecular weight excluding hydrogens is 286 g/mol. The Labute approximate surface area is 127 Å². The van der Waals surface area contributed by atoms with Gasteiger partial charge in [0.25, 0.3) is 0 Å². The molecule has 0 atom stereocenters. The Morgan fingerprint density at radius 2 is 1.52 bits per heavy atom. The number of nitrogens with one attached hydrogen (secondary N) is 1. The van der Waals surface area contributed by atoms with Gasteiger partial charge in [0.05, 0.1) is 4.90 Å². The van der Waals surface area contributed by atoms with Gasteiger partial charge >= 0.3 is 0 Å². The third-order valence-electron chi connectivity index (χ3n) is 4.02. The maximum absolute atomic E-state index is 12.4. The SMILES string of the molecule is CC1(C)CC(NS(=O)(=O)c2ccc(O)cc2)CC(C)(C)C1. The zero-order chi connectivity index (χ0) is 15.9. The summed E-state index contributed by atoms with van der Waals surface area (Å²) in [5.74, 6) is 0.0638. The van der Waals surface area contributed by atoms with Crippen molar-refractivity contribution < 1.29 is 13.5 Å². The lowest BCUT2D eigenvalue weighted by molar-refractivity contribution is 0.0934. The molecule has 5 heteroatoms. The molecular formula is C16H25NO3S. The highest BCUT2D eigenvalue weighted by molar-refractivity contribution is 7.89. The Hall–Kier alpha value is -1.07. The van der Waals surface area contributed by atoms with Crippen molar-refractivity contribution in [1.82, 2.24) is 4.72 Å². The molecule has 2 rings (SSSR count). The largest absolute Gasteiger partial charge is 0.508 e. The Bertz CT molecular complexity index is 587. The van der Waals surface area contributed by atoms with Crippen LogP contribution >= 0.6 is 0 Å². The van der Waals surface area contributed by atoms with Gasteiger partial charge in [0.15, 0.2) is 0 Å². The van der Waals surface area contributed by atoms with E-state index in [1.165, 1.54) is 24.3 Å². The van der Waals surface area contributed by atoms with Crippen LogP contribution in [0.25, 0.3) is 0 Å². The van der Waals surface area contributed by atoms with Crippen LogP contribution in [-0.2, 0) is 10.0 Å². The van der Waals surface area contributed by atoms with Crippen LogP contribution in [0.1, 0.15) is 47.0 Å². The summed E-state index contributed by atoms with van der Waals surface area (Å²) in [6, 6.07) is 5.59. The minimum atomic E-state index is -3.54. The summed E-state index contributed by atoms with van der Waals surface area (Å²) in [4.78, 5) is 0.196. The molecule has 0 saturated heterocycles. The predicted molar refractivity (Wildman–Crippen MR) is 83.6 cm³/mol. The number of hydrogen-bond donors (Lipinski definition) is 2. The van der Waals surface area contributed by atoms with Crippen LogP contribution in [0, 0.1) is 10.8 Å². The minimum absolute atomic E-state index is 0.0532. The fraction of sp³-hybridized carbons (Fsp3) is 0.625. The number of benzene rings is 1. The Morgan fingerprint density at radius 3 is 2.00 bits per heavy atom. The third kappa shape index (κ3) is 4.20. The molecule has 1 aromatic carbocycles. The third-order valence-corrected chi connectivity index (χ3v) is 5.56. The van der Waals surface area contributed by atoms with Gasteiger partial charge < -0.3 is 5.11 Å². The first-order valence-electron chi connectivity index (χ1n) is 7.31. The molecule has 0 spiro atoms. The maximum Gasteiger partial charge on any atom is 0.240 e. The molecule has 0 bridgehead atoms. The quantitative estimate of drug-likeness (QED) is 0.900. The first-order valence-corrected chi connectivity index (χ1v) is 8.79. The average molecular weight is 311 g/mol. The van der Waals surface area contributed by atoms with Crippen molar-refractivity contribution in [1.29, 1.82) is 0 Å². The van der Waals surface area contributed by atoms with Gasteiger partial charge in [0.2, 0.25) is 10.0 Å². The summed E-state index contributed by atoms with van der Waals surface area (Å²) in [5.41, 5.74) is 0.258. The van der Waals surface area contributed by atoms with E-state index in [0.717, 1.165) is 19.3 Å². The summed E-state index contributed by atoms with van der Waals surface area (Å²) in [7, 11) is -3.54. The molecule has 1 aliphatic carbocycles. The molecule has 2 N–H and O–H groups in total. The fourth-order valence-corrected chi connectivity index (χ4v) is 5.08. The zero-order valence-electron chi connectivity index (χ0n) is 13.2. The van der Waals surface area contributed by atoms with Crippen molar-refractivity contribution in [3.63, 3.8) is 0 Å². The van der Waals surface area contributed by atoms with E-state index in [2.05, 4.69) is 32.4 Å². The highest BCUT2D eigenvalue weighted by Gasteiger charge is 2.39. The van der Waals surface area contributed by atoms with E-state index in [4.69, 9.17) is 0 Å². The standard InChI is InChI=1S/C16H25NO3S/c1-15(2)9-12(10-16(3,4)11-15)17-21(19,20)14-7-5-13(18)6-8-14/h5-8,12,17-18H,9-11H2,1-4H3. The molecule has 21 heavy (non-hydrogen) atoms. The second-order valence-corrected chi connectivity index (χ2v) is 9.44. The number of rotatable bonds is 3. The number of phenols is 1. The average Bonchev–Trinajstić information content (AvgIpc) is 2.23. The minimum Gasteiger partial charge on any atom is -0.508 e. The van der Waals surface area contributed by atoms with Crippen molar-refractivity contribution in [2.75, 3.05) is 0 Å². The van der Waals surface area contributed by atoms with E-state index < -0.39 is 10.0 Å². The first kappa shape index (κ1) is 16.3.